The van der Waals surface area contributed by atoms with Gasteiger partial charge in [-0.1, -0.05) is 22.0 Å². The van der Waals surface area contributed by atoms with Crippen molar-refractivity contribution >= 4 is 21.9 Å². The largest absolute Gasteiger partial charge is 0.460 e. The molecule has 0 aromatic heterocycles. The quantitative estimate of drug-likeness (QED) is 0.847. The van der Waals surface area contributed by atoms with Gasteiger partial charge in [0.2, 0.25) is 0 Å². The Morgan fingerprint density at radius 2 is 1.90 bits per heavy atom. The van der Waals surface area contributed by atoms with Crippen LogP contribution in [0.5, 0.6) is 0 Å². The number of carbonyl (C=O) groups is 1. The van der Waals surface area contributed by atoms with Crippen LogP contribution in [0.3, 0.4) is 0 Å². The Bertz CT molecular complexity index is 506. The number of hydrogen-bond acceptors (Lipinski definition) is 3. The van der Waals surface area contributed by atoms with E-state index in [4.69, 9.17) is 4.74 Å². The molecule has 0 spiro atoms. The first kappa shape index (κ1) is 17.1. The minimum absolute atomic E-state index is 0.0686. The molecule has 0 aliphatic rings. The molecule has 112 valence electrons. The average Bonchev–Trinajstić information content (AvgIpc) is 2.24. The smallest absolute Gasteiger partial charge is 0.312 e. The van der Waals surface area contributed by atoms with Gasteiger partial charge in [-0.15, -0.1) is 0 Å². The second kappa shape index (κ2) is 5.82. The van der Waals surface area contributed by atoms with E-state index in [1.807, 2.05) is 0 Å². The van der Waals surface area contributed by atoms with E-state index in [2.05, 4.69) is 15.9 Å². The fourth-order valence-electron chi connectivity index (χ4n) is 1.75. The van der Waals surface area contributed by atoms with Crippen LogP contribution in [0.4, 0.5) is 4.39 Å². The van der Waals surface area contributed by atoms with E-state index < -0.39 is 28.9 Å². The Labute approximate surface area is 127 Å². The Morgan fingerprint density at radius 3 is 2.35 bits per heavy atom. The summed E-state index contributed by atoms with van der Waals surface area (Å²) in [5, 5.41) is 10.5. The van der Waals surface area contributed by atoms with Crippen molar-refractivity contribution in [2.24, 2.45) is 5.92 Å². The van der Waals surface area contributed by atoms with E-state index in [9.17, 15) is 14.3 Å². The molecule has 0 aliphatic heterocycles. The second-order valence-electron chi connectivity index (χ2n) is 6.03. The predicted octanol–water partition coefficient (Wildman–Crippen LogP) is 3.77. The van der Waals surface area contributed by atoms with Gasteiger partial charge in [-0.2, -0.15) is 0 Å². The maximum absolute atomic E-state index is 14.0. The highest BCUT2D eigenvalue weighted by atomic mass is 79.9. The summed E-state index contributed by atoms with van der Waals surface area (Å²) in [6.07, 6.45) is 0. The van der Waals surface area contributed by atoms with E-state index >= 15 is 0 Å². The van der Waals surface area contributed by atoms with Crippen LogP contribution in [0.25, 0.3) is 0 Å². The van der Waals surface area contributed by atoms with Crippen LogP contribution in [0, 0.1) is 11.7 Å². The summed E-state index contributed by atoms with van der Waals surface area (Å²) in [7, 11) is 0. The maximum Gasteiger partial charge on any atom is 0.312 e. The Kier molecular flexibility index (Phi) is 4.98. The molecule has 0 saturated heterocycles. The number of ether oxygens (including phenoxy) is 1. The molecular formula is C15H20BrFO3. The van der Waals surface area contributed by atoms with Crippen molar-refractivity contribution in [1.29, 1.82) is 0 Å². The summed E-state index contributed by atoms with van der Waals surface area (Å²) in [5.74, 6) is -2.03. The average molecular weight is 347 g/mol. The normalized spacial score (nSPS) is 16.4. The van der Waals surface area contributed by atoms with Crippen LogP contribution in [0.1, 0.15) is 40.2 Å². The third kappa shape index (κ3) is 4.03. The molecule has 0 aliphatic carbocycles. The molecule has 0 heterocycles. The molecule has 20 heavy (non-hydrogen) atoms. The molecule has 0 bridgehead atoms. The minimum atomic E-state index is -1.65. The minimum Gasteiger partial charge on any atom is -0.460 e. The fourth-order valence-corrected chi connectivity index (χ4v) is 2.09. The highest BCUT2D eigenvalue weighted by Crippen LogP contribution is 2.33. The highest BCUT2D eigenvalue weighted by molar-refractivity contribution is 9.10. The second-order valence-corrected chi connectivity index (χ2v) is 6.94. The molecule has 0 amide bonds. The first-order valence-electron chi connectivity index (χ1n) is 6.36. The van der Waals surface area contributed by atoms with Gasteiger partial charge in [-0.05, 0) is 46.8 Å². The van der Waals surface area contributed by atoms with E-state index in [-0.39, 0.29) is 5.56 Å². The number of esters is 1. The zero-order chi connectivity index (χ0) is 15.7. The molecule has 3 nitrogen and oxygen atoms in total. The number of rotatable bonds is 3. The monoisotopic (exact) mass is 346 g/mol. The van der Waals surface area contributed by atoms with E-state index in [1.54, 1.807) is 26.8 Å². The third-order valence-electron chi connectivity index (χ3n) is 3.08. The fraction of sp³-hybridized carbons (Fsp3) is 0.533. The van der Waals surface area contributed by atoms with Gasteiger partial charge in [0, 0.05) is 10.0 Å². The third-order valence-corrected chi connectivity index (χ3v) is 3.57. The molecule has 1 rings (SSSR count). The lowest BCUT2D eigenvalue weighted by Crippen LogP contribution is -2.39. The van der Waals surface area contributed by atoms with Gasteiger partial charge in [0.1, 0.15) is 17.0 Å². The molecule has 1 aromatic carbocycles. The van der Waals surface area contributed by atoms with E-state index in [0.29, 0.717) is 4.47 Å². The van der Waals surface area contributed by atoms with Gasteiger partial charge in [0.05, 0.1) is 5.92 Å². The first-order chi connectivity index (χ1) is 8.95. The lowest BCUT2D eigenvalue weighted by molar-refractivity contribution is -0.168. The summed E-state index contributed by atoms with van der Waals surface area (Å²) in [6.45, 7) is 8.16. The SMILES string of the molecule is CC(C(=O)OC(C)(C)C)C(C)(O)c1ccc(Br)cc1F. The lowest BCUT2D eigenvalue weighted by Gasteiger charge is -2.32. The molecule has 5 heteroatoms. The van der Waals surface area contributed by atoms with Crippen LogP contribution in [-0.2, 0) is 15.1 Å². The zero-order valence-electron chi connectivity index (χ0n) is 12.3. The maximum atomic E-state index is 14.0. The molecule has 2 atom stereocenters. The van der Waals surface area contributed by atoms with Crippen molar-refractivity contribution in [3.8, 4) is 0 Å². The Morgan fingerprint density at radius 1 is 1.35 bits per heavy atom. The van der Waals surface area contributed by atoms with Gasteiger partial charge in [-0.3, -0.25) is 4.79 Å². The zero-order valence-corrected chi connectivity index (χ0v) is 13.9. The number of aliphatic hydroxyl groups is 1. The van der Waals surface area contributed by atoms with Gasteiger partial charge in [0.15, 0.2) is 0 Å². The molecule has 0 fully saturated rings. The molecule has 0 saturated carbocycles. The first-order valence-corrected chi connectivity index (χ1v) is 7.15. The van der Waals surface area contributed by atoms with Gasteiger partial charge >= 0.3 is 5.97 Å². The van der Waals surface area contributed by atoms with Crippen LogP contribution in [0.15, 0.2) is 22.7 Å². The van der Waals surface area contributed by atoms with Crippen molar-refractivity contribution < 1.29 is 19.0 Å². The van der Waals surface area contributed by atoms with Crippen LogP contribution < -0.4 is 0 Å². The molecule has 1 N–H and O–H groups in total. The van der Waals surface area contributed by atoms with Gasteiger partial charge in [-0.25, -0.2) is 4.39 Å². The van der Waals surface area contributed by atoms with Crippen molar-refractivity contribution in [3.63, 3.8) is 0 Å². The molecule has 0 radical (unpaired) electrons. The van der Waals surface area contributed by atoms with E-state index in [1.165, 1.54) is 26.0 Å². The Hall–Kier alpha value is -0.940. The predicted molar refractivity (Wildman–Crippen MR) is 78.7 cm³/mol. The molecule has 2 unspecified atom stereocenters. The number of halogens is 2. The summed E-state index contributed by atoms with van der Waals surface area (Å²) in [5.41, 5.74) is -2.23. The van der Waals surface area contributed by atoms with E-state index in [0.717, 1.165) is 0 Å². The van der Waals surface area contributed by atoms with Crippen molar-refractivity contribution in [3.05, 3.63) is 34.1 Å². The Balaban J connectivity index is 3.06. The van der Waals surface area contributed by atoms with Gasteiger partial charge in [0.25, 0.3) is 0 Å². The lowest BCUT2D eigenvalue weighted by atomic mass is 9.83. The standard InChI is InChI=1S/C15H20BrFO3/c1-9(13(18)20-14(2,3)4)15(5,19)11-7-6-10(16)8-12(11)17/h6-9,19H,1-5H3. The van der Waals surface area contributed by atoms with Crippen molar-refractivity contribution in [1.82, 2.24) is 0 Å². The number of carbonyl (C=O) groups excluding carboxylic acids is 1. The topological polar surface area (TPSA) is 46.5 Å². The summed E-state index contributed by atoms with van der Waals surface area (Å²) in [4.78, 5) is 12.0. The number of hydrogen-bond donors (Lipinski definition) is 1. The van der Waals surface area contributed by atoms with Crippen molar-refractivity contribution in [2.75, 3.05) is 0 Å². The van der Waals surface area contributed by atoms with Gasteiger partial charge < -0.3 is 9.84 Å². The number of benzene rings is 1. The molecular weight excluding hydrogens is 327 g/mol. The highest BCUT2D eigenvalue weighted by Gasteiger charge is 2.39. The van der Waals surface area contributed by atoms with Crippen molar-refractivity contribution in [2.45, 2.75) is 45.8 Å². The molecule has 1 aromatic rings. The summed E-state index contributed by atoms with van der Waals surface area (Å²) in [6, 6.07) is 4.33. The van der Waals surface area contributed by atoms with Crippen LogP contribution >= 0.6 is 15.9 Å². The summed E-state index contributed by atoms with van der Waals surface area (Å²) < 4.78 is 19.8. The summed E-state index contributed by atoms with van der Waals surface area (Å²) >= 11 is 3.16. The van der Waals surface area contributed by atoms with Crippen LogP contribution in [0.2, 0.25) is 0 Å². The van der Waals surface area contributed by atoms with Crippen LogP contribution in [-0.4, -0.2) is 16.7 Å².